The summed E-state index contributed by atoms with van der Waals surface area (Å²) in [5.74, 6) is -3.57. The van der Waals surface area contributed by atoms with Gasteiger partial charge >= 0.3 is 11.9 Å². The third kappa shape index (κ3) is 8.31. The molecule has 1 aliphatic rings. The number of esters is 1. The first-order valence-electron chi connectivity index (χ1n) is 10.6. The normalized spacial score (nSPS) is 30.4. The second kappa shape index (κ2) is 13.5. The minimum atomic E-state index is -2.79. The molecule has 0 radical (unpaired) electrons. The van der Waals surface area contributed by atoms with E-state index in [1.165, 1.54) is 44.9 Å². The van der Waals surface area contributed by atoms with Gasteiger partial charge in [0.25, 0.3) is 0 Å². The second-order valence-electron chi connectivity index (χ2n) is 7.66. The van der Waals surface area contributed by atoms with Crippen LogP contribution in [0.2, 0.25) is 0 Å². The molecule has 5 N–H and O–H groups in total. The summed E-state index contributed by atoms with van der Waals surface area (Å²) in [5, 5.41) is 48.5. The molecule has 0 unspecified atom stereocenters. The lowest BCUT2D eigenvalue weighted by atomic mass is 9.98. The predicted molar refractivity (Wildman–Crippen MR) is 102 cm³/mol. The molecule has 0 aromatic heterocycles. The third-order valence-electron chi connectivity index (χ3n) is 5.17. The third-order valence-corrected chi connectivity index (χ3v) is 5.17. The van der Waals surface area contributed by atoms with Gasteiger partial charge in [-0.3, -0.25) is 4.79 Å². The van der Waals surface area contributed by atoms with E-state index >= 15 is 0 Å². The van der Waals surface area contributed by atoms with E-state index in [1.807, 2.05) is 0 Å². The van der Waals surface area contributed by atoms with Crippen LogP contribution in [0.15, 0.2) is 0 Å². The molecule has 0 aromatic carbocycles. The van der Waals surface area contributed by atoms with E-state index < -0.39 is 43.0 Å². The number of aliphatic hydroxyl groups excluding tert-OH is 4. The summed E-state index contributed by atoms with van der Waals surface area (Å²) < 4.78 is 9.69. The van der Waals surface area contributed by atoms with Gasteiger partial charge in [-0.25, -0.2) is 0 Å². The van der Waals surface area contributed by atoms with Crippen molar-refractivity contribution < 1.29 is 39.8 Å². The zero-order valence-electron chi connectivity index (χ0n) is 17.0. The SMILES string of the molecule is CCCCCCCCCCCCCC(=O)O[C@@]1(O)O[C@H](CO)[C@H](O)[C@H](O)[C@H]1O. The van der Waals surface area contributed by atoms with E-state index in [0.29, 0.717) is 6.42 Å². The van der Waals surface area contributed by atoms with Gasteiger partial charge in [-0.05, 0) is 6.42 Å². The van der Waals surface area contributed by atoms with Crippen molar-refractivity contribution in [3.63, 3.8) is 0 Å². The second-order valence-corrected chi connectivity index (χ2v) is 7.66. The van der Waals surface area contributed by atoms with Crippen molar-refractivity contribution in [2.45, 2.75) is 114 Å². The van der Waals surface area contributed by atoms with Crippen LogP contribution >= 0.6 is 0 Å². The van der Waals surface area contributed by atoms with Crippen molar-refractivity contribution >= 4 is 5.97 Å². The Hall–Kier alpha value is -0.770. The Morgan fingerprint density at radius 2 is 1.39 bits per heavy atom. The van der Waals surface area contributed by atoms with Crippen molar-refractivity contribution in [2.75, 3.05) is 6.61 Å². The molecule has 0 spiro atoms. The van der Waals surface area contributed by atoms with Gasteiger partial charge in [-0.2, -0.15) is 0 Å². The Bertz CT molecular complexity index is 430. The quantitative estimate of drug-likeness (QED) is 0.166. The molecule has 1 aliphatic heterocycles. The molecule has 1 rings (SSSR count). The number of carbonyl (C=O) groups is 1. The number of rotatable bonds is 14. The molecule has 8 nitrogen and oxygen atoms in total. The Morgan fingerprint density at radius 1 is 0.893 bits per heavy atom. The molecule has 1 fully saturated rings. The van der Waals surface area contributed by atoms with Gasteiger partial charge in [0.1, 0.15) is 18.3 Å². The number of aliphatic hydroxyl groups is 5. The topological polar surface area (TPSA) is 137 Å². The molecule has 8 heteroatoms. The molecule has 28 heavy (non-hydrogen) atoms. The lowest BCUT2D eigenvalue weighted by Gasteiger charge is -2.43. The molecule has 0 saturated carbocycles. The molecule has 5 atom stereocenters. The number of hydrogen-bond donors (Lipinski definition) is 5. The van der Waals surface area contributed by atoms with E-state index in [-0.39, 0.29) is 6.42 Å². The molecule has 166 valence electrons. The van der Waals surface area contributed by atoms with Gasteiger partial charge in [0.15, 0.2) is 6.10 Å². The molecule has 0 bridgehead atoms. The highest BCUT2D eigenvalue weighted by Crippen LogP contribution is 2.29. The fourth-order valence-electron chi connectivity index (χ4n) is 3.36. The van der Waals surface area contributed by atoms with Crippen LogP contribution in [-0.2, 0) is 14.3 Å². The highest BCUT2D eigenvalue weighted by Gasteiger charge is 2.55. The molecule has 0 aromatic rings. The maximum absolute atomic E-state index is 11.9. The van der Waals surface area contributed by atoms with Gasteiger partial charge < -0.3 is 35.0 Å². The standard InChI is InChI=1S/C20H38O8/c1-2-3-4-5-6-7-8-9-10-11-12-13-16(22)28-20(26)19(25)18(24)17(23)15(14-21)27-20/h15,17-19,21,23-26H,2-14H2,1H3/t15-,17+,18+,19-,20+/m1/s1. The van der Waals surface area contributed by atoms with E-state index in [2.05, 4.69) is 6.92 Å². The Kier molecular flexibility index (Phi) is 12.1. The largest absolute Gasteiger partial charge is 0.406 e. The lowest BCUT2D eigenvalue weighted by molar-refractivity contribution is -0.434. The fourth-order valence-corrected chi connectivity index (χ4v) is 3.36. The van der Waals surface area contributed by atoms with Gasteiger partial charge in [-0.15, -0.1) is 0 Å². The average Bonchev–Trinajstić information content (AvgIpc) is 2.67. The number of unbranched alkanes of at least 4 members (excludes halogenated alkanes) is 10. The minimum Gasteiger partial charge on any atom is -0.406 e. The van der Waals surface area contributed by atoms with Crippen molar-refractivity contribution in [1.29, 1.82) is 0 Å². The minimum absolute atomic E-state index is 0.0395. The highest BCUT2D eigenvalue weighted by molar-refractivity contribution is 5.69. The molecule has 1 heterocycles. The van der Waals surface area contributed by atoms with Crippen molar-refractivity contribution in [1.82, 2.24) is 0 Å². The van der Waals surface area contributed by atoms with Gasteiger partial charge in [-0.1, -0.05) is 71.1 Å². The van der Waals surface area contributed by atoms with E-state index in [1.54, 1.807) is 0 Å². The summed E-state index contributed by atoms with van der Waals surface area (Å²) in [6.07, 6.45) is 5.69. The summed E-state index contributed by atoms with van der Waals surface area (Å²) in [4.78, 5) is 11.9. The zero-order valence-corrected chi connectivity index (χ0v) is 17.0. The number of carbonyl (C=O) groups excluding carboxylic acids is 1. The molecule has 0 aliphatic carbocycles. The summed E-state index contributed by atoms with van der Waals surface area (Å²) in [6, 6.07) is 0. The van der Waals surface area contributed by atoms with Crippen LogP contribution < -0.4 is 0 Å². The van der Waals surface area contributed by atoms with Crippen LogP contribution in [0.3, 0.4) is 0 Å². The summed E-state index contributed by atoms with van der Waals surface area (Å²) in [5.41, 5.74) is 0. The van der Waals surface area contributed by atoms with Crippen LogP contribution in [0.1, 0.15) is 84.0 Å². The summed E-state index contributed by atoms with van der Waals surface area (Å²) >= 11 is 0. The zero-order chi connectivity index (χ0) is 21.0. The summed E-state index contributed by atoms with van der Waals surface area (Å²) in [6.45, 7) is 1.49. The summed E-state index contributed by atoms with van der Waals surface area (Å²) in [7, 11) is 0. The van der Waals surface area contributed by atoms with Crippen molar-refractivity contribution in [3.8, 4) is 0 Å². The average molecular weight is 407 g/mol. The van der Waals surface area contributed by atoms with Gasteiger partial charge in [0, 0.05) is 6.42 Å². The lowest BCUT2D eigenvalue weighted by Crippen LogP contribution is -2.66. The highest BCUT2D eigenvalue weighted by atomic mass is 16.8. The van der Waals surface area contributed by atoms with Crippen LogP contribution in [0.4, 0.5) is 0 Å². The van der Waals surface area contributed by atoms with E-state index in [4.69, 9.17) is 14.6 Å². The Balaban J connectivity index is 2.17. The number of ether oxygens (including phenoxy) is 2. The van der Waals surface area contributed by atoms with Crippen LogP contribution in [0.5, 0.6) is 0 Å². The predicted octanol–water partition coefficient (Wildman–Crippen LogP) is 1.35. The van der Waals surface area contributed by atoms with Gasteiger partial charge in [0.05, 0.1) is 6.61 Å². The Labute approximate surface area is 167 Å². The molecular formula is C20H38O8. The smallest absolute Gasteiger partial charge is 0.357 e. The first-order chi connectivity index (χ1) is 13.4. The maximum Gasteiger partial charge on any atom is 0.357 e. The molecular weight excluding hydrogens is 368 g/mol. The van der Waals surface area contributed by atoms with Crippen molar-refractivity contribution in [3.05, 3.63) is 0 Å². The fraction of sp³-hybridized carbons (Fsp3) is 0.950. The van der Waals surface area contributed by atoms with Crippen LogP contribution in [0, 0.1) is 0 Å². The maximum atomic E-state index is 11.9. The molecule has 0 amide bonds. The van der Waals surface area contributed by atoms with E-state index in [9.17, 15) is 25.2 Å². The van der Waals surface area contributed by atoms with Crippen LogP contribution in [0.25, 0.3) is 0 Å². The van der Waals surface area contributed by atoms with Crippen molar-refractivity contribution in [2.24, 2.45) is 0 Å². The van der Waals surface area contributed by atoms with Crippen LogP contribution in [-0.4, -0.2) is 68.5 Å². The first kappa shape index (κ1) is 25.3. The first-order valence-corrected chi connectivity index (χ1v) is 10.6. The Morgan fingerprint density at radius 3 is 1.89 bits per heavy atom. The molecule has 1 saturated heterocycles. The number of hydrogen-bond acceptors (Lipinski definition) is 8. The van der Waals surface area contributed by atoms with E-state index in [0.717, 1.165) is 19.3 Å². The van der Waals surface area contributed by atoms with Gasteiger partial charge in [0.2, 0.25) is 0 Å². The monoisotopic (exact) mass is 406 g/mol.